The Hall–Kier alpha value is -3.11. The van der Waals surface area contributed by atoms with Gasteiger partial charge in [-0.2, -0.15) is 0 Å². The number of nitrogens with one attached hydrogen (secondary N) is 1. The number of aldehydes is 1. The number of nitrogens with two attached hydrogens (primary N) is 1. The van der Waals surface area contributed by atoms with Crippen LogP contribution in [0.4, 0.5) is 17.1 Å². The zero-order chi connectivity index (χ0) is 21.1. The van der Waals surface area contributed by atoms with Crippen LogP contribution in [-0.2, 0) is 17.8 Å². The van der Waals surface area contributed by atoms with Crippen LogP contribution in [0, 0.1) is 6.92 Å². The number of fused-ring (bicyclic) bond motifs is 1. The molecule has 0 aliphatic carbocycles. The van der Waals surface area contributed by atoms with Crippen molar-refractivity contribution >= 4 is 23.3 Å². The Kier molecular flexibility index (Phi) is 5.86. The first-order chi connectivity index (χ1) is 14.5. The van der Waals surface area contributed by atoms with Crippen molar-refractivity contribution in [2.45, 2.75) is 39.3 Å². The number of hydrogen-bond acceptors (Lipinski definition) is 4. The molecule has 3 aromatic carbocycles. The van der Waals surface area contributed by atoms with Gasteiger partial charge < -0.3 is 15.8 Å². The summed E-state index contributed by atoms with van der Waals surface area (Å²) in [5.74, 6) is 0. The van der Waals surface area contributed by atoms with E-state index in [1.807, 2.05) is 12.1 Å². The van der Waals surface area contributed by atoms with Crippen LogP contribution in [0.3, 0.4) is 0 Å². The fraction of sp³-hybridized carbons (Fsp3) is 0.269. The Morgan fingerprint density at radius 3 is 2.77 bits per heavy atom. The van der Waals surface area contributed by atoms with Gasteiger partial charge in [0.1, 0.15) is 6.29 Å². The number of carbonyl (C=O) groups is 1. The summed E-state index contributed by atoms with van der Waals surface area (Å²) >= 11 is 0. The highest BCUT2D eigenvalue weighted by atomic mass is 16.1. The third-order valence-electron chi connectivity index (χ3n) is 6.06. The van der Waals surface area contributed by atoms with Crippen molar-refractivity contribution in [3.05, 3.63) is 77.4 Å². The topological polar surface area (TPSA) is 58.4 Å². The van der Waals surface area contributed by atoms with Crippen molar-refractivity contribution in [1.82, 2.24) is 4.90 Å². The molecule has 154 valence electrons. The fourth-order valence-corrected chi connectivity index (χ4v) is 4.34. The number of rotatable bonds is 6. The van der Waals surface area contributed by atoms with Gasteiger partial charge in [0.2, 0.25) is 0 Å². The van der Waals surface area contributed by atoms with Crippen LogP contribution in [0.25, 0.3) is 11.1 Å². The van der Waals surface area contributed by atoms with E-state index in [-0.39, 0.29) is 6.04 Å². The second-order valence-corrected chi connectivity index (χ2v) is 8.20. The molecule has 4 nitrogen and oxygen atoms in total. The van der Waals surface area contributed by atoms with Gasteiger partial charge in [-0.3, -0.25) is 4.90 Å². The molecule has 4 heteroatoms. The van der Waals surface area contributed by atoms with Gasteiger partial charge >= 0.3 is 0 Å². The third kappa shape index (κ3) is 4.24. The van der Waals surface area contributed by atoms with Crippen molar-refractivity contribution < 1.29 is 4.79 Å². The average Bonchev–Trinajstić information content (AvgIpc) is 2.74. The molecule has 0 fully saturated rings. The zero-order valence-corrected chi connectivity index (χ0v) is 17.7. The molecule has 0 amide bonds. The zero-order valence-electron chi connectivity index (χ0n) is 17.7. The van der Waals surface area contributed by atoms with E-state index < -0.39 is 0 Å². The Bertz CT molecular complexity index is 1060. The van der Waals surface area contributed by atoms with Crippen LogP contribution in [0.15, 0.2) is 60.7 Å². The van der Waals surface area contributed by atoms with Crippen LogP contribution < -0.4 is 11.1 Å². The van der Waals surface area contributed by atoms with Crippen LogP contribution >= 0.6 is 0 Å². The maximum absolute atomic E-state index is 10.9. The van der Waals surface area contributed by atoms with Crippen molar-refractivity contribution in [3.8, 4) is 11.1 Å². The molecular weight excluding hydrogens is 370 g/mol. The Balaban J connectivity index is 1.58. The molecule has 0 saturated carbocycles. The predicted octanol–water partition coefficient (Wildman–Crippen LogP) is 5.32. The highest BCUT2D eigenvalue weighted by Crippen LogP contribution is 2.32. The molecule has 0 bridgehead atoms. The standard InChI is InChI=1S/C26H29N3O/c1-18-15-22(27)9-10-24(18)20-5-3-7-23(16-20)28-26-8-4-6-21-17-29(13-11-25(21)26)19(2)12-14-30/h3-10,14-16,19,28H,11-13,17,27H2,1-2H3. The van der Waals surface area contributed by atoms with Gasteiger partial charge in [0, 0.05) is 42.6 Å². The van der Waals surface area contributed by atoms with E-state index in [1.54, 1.807) is 0 Å². The average molecular weight is 400 g/mol. The first kappa shape index (κ1) is 20.2. The lowest BCUT2D eigenvalue weighted by atomic mass is 9.96. The second-order valence-electron chi connectivity index (χ2n) is 8.20. The smallest absolute Gasteiger partial charge is 0.121 e. The van der Waals surface area contributed by atoms with Crippen molar-refractivity contribution in [1.29, 1.82) is 0 Å². The molecular formula is C26H29N3O. The molecule has 0 saturated heterocycles. The SMILES string of the molecule is Cc1cc(N)ccc1-c1cccc(Nc2cccc3c2CCN(C(C)CC=O)C3)c1. The van der Waals surface area contributed by atoms with Crippen molar-refractivity contribution in [2.75, 3.05) is 17.6 Å². The number of benzene rings is 3. The number of nitrogens with zero attached hydrogens (tertiary/aromatic N) is 1. The first-order valence-corrected chi connectivity index (χ1v) is 10.6. The van der Waals surface area contributed by atoms with Gasteiger partial charge in [0.15, 0.2) is 0 Å². The number of carbonyl (C=O) groups excluding carboxylic acids is 1. The lowest BCUT2D eigenvalue weighted by Crippen LogP contribution is -2.38. The quantitative estimate of drug-likeness (QED) is 0.435. The maximum atomic E-state index is 10.9. The molecule has 4 rings (SSSR count). The lowest BCUT2D eigenvalue weighted by Gasteiger charge is -2.34. The van der Waals surface area contributed by atoms with Gasteiger partial charge in [-0.15, -0.1) is 0 Å². The van der Waals surface area contributed by atoms with Crippen LogP contribution in [0.2, 0.25) is 0 Å². The molecule has 1 unspecified atom stereocenters. The van der Waals surface area contributed by atoms with E-state index in [2.05, 4.69) is 72.6 Å². The maximum Gasteiger partial charge on any atom is 0.121 e. The second kappa shape index (κ2) is 8.72. The van der Waals surface area contributed by atoms with E-state index in [9.17, 15) is 4.79 Å². The molecule has 0 aromatic heterocycles. The summed E-state index contributed by atoms with van der Waals surface area (Å²) in [4.78, 5) is 13.3. The molecule has 3 aromatic rings. The van der Waals surface area contributed by atoms with E-state index in [0.717, 1.165) is 37.2 Å². The highest BCUT2D eigenvalue weighted by Gasteiger charge is 2.22. The molecule has 3 N–H and O–H groups in total. The van der Waals surface area contributed by atoms with E-state index >= 15 is 0 Å². The molecule has 1 heterocycles. The van der Waals surface area contributed by atoms with Crippen molar-refractivity contribution in [3.63, 3.8) is 0 Å². The number of aryl methyl sites for hydroxylation is 1. The third-order valence-corrected chi connectivity index (χ3v) is 6.06. The van der Waals surface area contributed by atoms with Gasteiger partial charge in [0.25, 0.3) is 0 Å². The molecule has 0 spiro atoms. The van der Waals surface area contributed by atoms with E-state index in [4.69, 9.17) is 5.73 Å². The molecule has 30 heavy (non-hydrogen) atoms. The van der Waals surface area contributed by atoms with E-state index in [1.165, 1.54) is 33.5 Å². The predicted molar refractivity (Wildman–Crippen MR) is 125 cm³/mol. The lowest BCUT2D eigenvalue weighted by molar-refractivity contribution is -0.108. The monoisotopic (exact) mass is 399 g/mol. The highest BCUT2D eigenvalue weighted by molar-refractivity contribution is 5.75. The van der Waals surface area contributed by atoms with Crippen molar-refractivity contribution in [2.24, 2.45) is 0 Å². The molecule has 1 aliphatic heterocycles. The minimum atomic E-state index is 0.284. The fourth-order valence-electron chi connectivity index (χ4n) is 4.34. The minimum Gasteiger partial charge on any atom is -0.399 e. The molecule has 1 aliphatic rings. The molecule has 1 atom stereocenters. The van der Waals surface area contributed by atoms with Gasteiger partial charge in [-0.1, -0.05) is 30.3 Å². The number of nitrogen functional groups attached to an aromatic ring is 1. The summed E-state index contributed by atoms with van der Waals surface area (Å²) in [7, 11) is 0. The van der Waals surface area contributed by atoms with E-state index in [0.29, 0.717) is 6.42 Å². The van der Waals surface area contributed by atoms with Crippen LogP contribution in [0.5, 0.6) is 0 Å². The number of anilines is 3. The Morgan fingerprint density at radius 1 is 1.13 bits per heavy atom. The van der Waals surface area contributed by atoms with Gasteiger partial charge in [-0.05, 0) is 78.4 Å². The Labute approximate surface area is 178 Å². The summed E-state index contributed by atoms with van der Waals surface area (Å²) in [6.07, 6.45) is 2.59. The van der Waals surface area contributed by atoms with Crippen LogP contribution in [-0.4, -0.2) is 23.8 Å². The molecule has 0 radical (unpaired) electrons. The number of hydrogen-bond donors (Lipinski definition) is 2. The minimum absolute atomic E-state index is 0.284. The van der Waals surface area contributed by atoms with Gasteiger partial charge in [-0.25, -0.2) is 0 Å². The summed E-state index contributed by atoms with van der Waals surface area (Å²) in [5.41, 5.74) is 15.2. The Morgan fingerprint density at radius 2 is 1.97 bits per heavy atom. The normalized spacial score (nSPS) is 14.7. The first-order valence-electron chi connectivity index (χ1n) is 10.6. The summed E-state index contributed by atoms with van der Waals surface area (Å²) in [6, 6.07) is 21.3. The summed E-state index contributed by atoms with van der Waals surface area (Å²) in [5, 5.41) is 3.64. The summed E-state index contributed by atoms with van der Waals surface area (Å²) in [6.45, 7) is 6.10. The van der Waals surface area contributed by atoms with Crippen LogP contribution in [0.1, 0.15) is 30.0 Å². The largest absolute Gasteiger partial charge is 0.399 e. The summed E-state index contributed by atoms with van der Waals surface area (Å²) < 4.78 is 0. The van der Waals surface area contributed by atoms with Gasteiger partial charge in [0.05, 0.1) is 0 Å².